The van der Waals surface area contributed by atoms with Crippen LogP contribution in [0.1, 0.15) is 27.4 Å². The first-order valence-electron chi connectivity index (χ1n) is 5.46. The number of carbonyl (C=O) groups excluding carboxylic acids is 1. The Morgan fingerprint density at radius 1 is 1.37 bits per heavy atom. The van der Waals surface area contributed by atoms with Gasteiger partial charge in [0.15, 0.2) is 5.78 Å². The largest absolute Gasteiger partial charge is 0.292 e. The third-order valence-electron chi connectivity index (χ3n) is 2.79. The highest BCUT2D eigenvalue weighted by Gasteiger charge is 2.26. The van der Waals surface area contributed by atoms with Gasteiger partial charge in [0, 0.05) is 22.6 Å². The Bertz CT molecular complexity index is 672. The quantitative estimate of drug-likeness (QED) is 0.800. The van der Waals surface area contributed by atoms with E-state index in [9.17, 15) is 13.6 Å². The van der Waals surface area contributed by atoms with Gasteiger partial charge in [-0.15, -0.1) is 0 Å². The van der Waals surface area contributed by atoms with Gasteiger partial charge in [-0.2, -0.15) is 16.6 Å². The molecule has 96 valence electrons. The van der Waals surface area contributed by atoms with Crippen molar-refractivity contribution in [3.63, 3.8) is 0 Å². The number of halogens is 2. The van der Waals surface area contributed by atoms with Crippen LogP contribution in [0.4, 0.5) is 8.78 Å². The Morgan fingerprint density at radius 3 is 2.63 bits per heavy atom. The van der Waals surface area contributed by atoms with Crippen LogP contribution in [0.2, 0.25) is 0 Å². The summed E-state index contributed by atoms with van der Waals surface area (Å²) >= 11 is 1.34. The maximum Gasteiger partial charge on any atom is 0.185 e. The first kappa shape index (κ1) is 13.4. The molecule has 1 atom stereocenters. The molecule has 0 bridgehead atoms. The van der Waals surface area contributed by atoms with Crippen molar-refractivity contribution < 1.29 is 13.6 Å². The minimum atomic E-state index is -1.26. The van der Waals surface area contributed by atoms with Crippen LogP contribution in [-0.4, -0.2) is 5.78 Å². The summed E-state index contributed by atoms with van der Waals surface area (Å²) in [7, 11) is 0. The zero-order valence-electron chi connectivity index (χ0n) is 9.98. The van der Waals surface area contributed by atoms with E-state index in [0.29, 0.717) is 11.6 Å². The highest BCUT2D eigenvalue weighted by atomic mass is 32.1. The van der Waals surface area contributed by atoms with Gasteiger partial charge in [-0.05, 0) is 23.9 Å². The summed E-state index contributed by atoms with van der Waals surface area (Å²) in [5.74, 6) is -3.34. The van der Waals surface area contributed by atoms with Gasteiger partial charge in [-0.1, -0.05) is 6.07 Å². The number of nitrogens with zero attached hydrogens (tertiary/aromatic N) is 1. The van der Waals surface area contributed by atoms with Gasteiger partial charge in [0.05, 0.1) is 6.07 Å². The normalized spacial score (nSPS) is 11.9. The van der Waals surface area contributed by atoms with Crippen LogP contribution in [0.3, 0.4) is 0 Å². The maximum atomic E-state index is 13.6. The topological polar surface area (TPSA) is 40.9 Å². The summed E-state index contributed by atoms with van der Waals surface area (Å²) in [4.78, 5) is 12.2. The first-order valence-corrected chi connectivity index (χ1v) is 6.40. The number of hydrogen-bond donors (Lipinski definition) is 0. The SMILES string of the molecule is Cc1cscc1C(=O)C(C#N)c1ccc(F)cc1F. The number of Topliss-reactive ketones (excluding diaryl/α,β-unsaturated/α-hetero) is 1. The number of nitriles is 1. The lowest BCUT2D eigenvalue weighted by Crippen LogP contribution is -2.13. The molecule has 0 N–H and O–H groups in total. The lowest BCUT2D eigenvalue weighted by molar-refractivity contribution is 0.0977. The zero-order valence-corrected chi connectivity index (χ0v) is 10.8. The zero-order chi connectivity index (χ0) is 14.0. The average molecular weight is 277 g/mol. The molecule has 0 saturated heterocycles. The molecular formula is C14H9F2NOS. The Morgan fingerprint density at radius 2 is 2.11 bits per heavy atom. The van der Waals surface area contributed by atoms with Crippen molar-refractivity contribution in [1.29, 1.82) is 5.26 Å². The Labute approximate surface area is 112 Å². The Balaban J connectivity index is 2.44. The van der Waals surface area contributed by atoms with Crippen molar-refractivity contribution in [3.8, 4) is 6.07 Å². The minimum Gasteiger partial charge on any atom is -0.292 e. The molecule has 0 radical (unpaired) electrons. The Hall–Kier alpha value is -2.06. The fraction of sp³-hybridized carbons (Fsp3) is 0.143. The first-order chi connectivity index (χ1) is 9.04. The molecule has 19 heavy (non-hydrogen) atoms. The van der Waals surface area contributed by atoms with Gasteiger partial charge >= 0.3 is 0 Å². The number of benzene rings is 1. The van der Waals surface area contributed by atoms with Crippen LogP contribution in [0.15, 0.2) is 29.0 Å². The number of thiophene rings is 1. The van der Waals surface area contributed by atoms with E-state index in [4.69, 9.17) is 5.26 Å². The fourth-order valence-electron chi connectivity index (χ4n) is 1.77. The van der Waals surface area contributed by atoms with E-state index in [1.807, 2.05) is 0 Å². The van der Waals surface area contributed by atoms with E-state index in [1.165, 1.54) is 11.3 Å². The fourth-order valence-corrected chi connectivity index (χ4v) is 2.61. The van der Waals surface area contributed by atoms with Crippen LogP contribution in [-0.2, 0) is 0 Å². The second kappa shape index (κ2) is 5.29. The molecule has 5 heteroatoms. The maximum absolute atomic E-state index is 13.6. The summed E-state index contributed by atoms with van der Waals surface area (Å²) in [5, 5.41) is 12.5. The van der Waals surface area contributed by atoms with Crippen molar-refractivity contribution >= 4 is 17.1 Å². The highest BCUT2D eigenvalue weighted by molar-refractivity contribution is 7.08. The molecule has 0 fully saturated rings. The second-order valence-electron chi connectivity index (χ2n) is 4.06. The molecule has 1 heterocycles. The molecule has 1 unspecified atom stereocenters. The predicted molar refractivity (Wildman–Crippen MR) is 68.1 cm³/mol. The van der Waals surface area contributed by atoms with Gasteiger partial charge < -0.3 is 0 Å². The molecule has 1 aromatic carbocycles. The number of hydrogen-bond acceptors (Lipinski definition) is 3. The van der Waals surface area contributed by atoms with Crippen LogP contribution in [0.5, 0.6) is 0 Å². The summed E-state index contributed by atoms with van der Waals surface area (Å²) in [5.41, 5.74) is 1.05. The van der Waals surface area contributed by atoms with Crippen LogP contribution < -0.4 is 0 Å². The monoisotopic (exact) mass is 277 g/mol. The standard InChI is InChI=1S/C14H9F2NOS/c1-8-6-19-7-12(8)14(18)11(5-17)10-3-2-9(15)4-13(10)16/h2-4,6-7,11H,1H3. The molecule has 2 nitrogen and oxygen atoms in total. The molecular weight excluding hydrogens is 268 g/mol. The van der Waals surface area contributed by atoms with Crippen molar-refractivity contribution in [1.82, 2.24) is 0 Å². The lowest BCUT2D eigenvalue weighted by atomic mass is 9.91. The number of ketones is 1. The number of aryl methyl sites for hydroxylation is 1. The van der Waals surface area contributed by atoms with Crippen molar-refractivity contribution in [2.75, 3.05) is 0 Å². The van der Waals surface area contributed by atoms with Gasteiger partial charge in [-0.3, -0.25) is 4.79 Å². The predicted octanol–water partition coefficient (Wildman–Crippen LogP) is 3.82. The van der Waals surface area contributed by atoms with Crippen LogP contribution in [0.25, 0.3) is 0 Å². The smallest absolute Gasteiger partial charge is 0.185 e. The van der Waals surface area contributed by atoms with E-state index >= 15 is 0 Å². The van der Waals surface area contributed by atoms with Gasteiger partial charge in [0.25, 0.3) is 0 Å². The molecule has 0 aliphatic heterocycles. The van der Waals surface area contributed by atoms with Gasteiger partial charge in [0.2, 0.25) is 0 Å². The molecule has 1 aromatic heterocycles. The average Bonchev–Trinajstić information content (AvgIpc) is 2.78. The molecule has 0 spiro atoms. The molecule has 2 aromatic rings. The van der Waals surface area contributed by atoms with Crippen LogP contribution in [0, 0.1) is 29.9 Å². The van der Waals surface area contributed by atoms with Crippen molar-refractivity contribution in [3.05, 3.63) is 57.3 Å². The summed E-state index contributed by atoms with van der Waals surface area (Å²) < 4.78 is 26.5. The van der Waals surface area contributed by atoms with E-state index in [-0.39, 0.29) is 5.56 Å². The highest BCUT2D eigenvalue weighted by Crippen LogP contribution is 2.26. The van der Waals surface area contributed by atoms with E-state index in [0.717, 1.165) is 17.7 Å². The molecule has 0 aliphatic rings. The Kier molecular flexibility index (Phi) is 3.72. The van der Waals surface area contributed by atoms with E-state index in [1.54, 1.807) is 23.8 Å². The molecule has 0 saturated carbocycles. The number of rotatable bonds is 3. The molecule has 0 aliphatic carbocycles. The summed E-state index contributed by atoms with van der Waals surface area (Å²) in [6.07, 6.45) is 0. The van der Waals surface area contributed by atoms with E-state index < -0.39 is 23.3 Å². The lowest BCUT2D eigenvalue weighted by Gasteiger charge is -2.09. The van der Waals surface area contributed by atoms with Crippen LogP contribution >= 0.6 is 11.3 Å². The number of carbonyl (C=O) groups is 1. The van der Waals surface area contributed by atoms with Gasteiger partial charge in [0.1, 0.15) is 17.6 Å². The van der Waals surface area contributed by atoms with Gasteiger partial charge in [-0.25, -0.2) is 8.78 Å². The third kappa shape index (κ3) is 2.54. The van der Waals surface area contributed by atoms with Crippen molar-refractivity contribution in [2.24, 2.45) is 0 Å². The second-order valence-corrected chi connectivity index (χ2v) is 4.80. The van der Waals surface area contributed by atoms with Crippen molar-refractivity contribution in [2.45, 2.75) is 12.8 Å². The third-order valence-corrected chi connectivity index (χ3v) is 3.65. The van der Waals surface area contributed by atoms with E-state index in [2.05, 4.69) is 0 Å². The minimum absolute atomic E-state index is 0.0977. The molecule has 0 amide bonds. The summed E-state index contributed by atoms with van der Waals surface area (Å²) in [6, 6.07) is 4.64. The summed E-state index contributed by atoms with van der Waals surface area (Å²) in [6.45, 7) is 1.75. The molecule has 2 rings (SSSR count).